The summed E-state index contributed by atoms with van der Waals surface area (Å²) in [6.07, 6.45) is 3.32. The zero-order valence-corrected chi connectivity index (χ0v) is 13.8. The number of hydrogen-bond donors (Lipinski definition) is 1. The van der Waals surface area contributed by atoms with E-state index < -0.39 is 0 Å². The van der Waals surface area contributed by atoms with Crippen LogP contribution in [0, 0.1) is 6.92 Å². The van der Waals surface area contributed by atoms with Crippen molar-refractivity contribution in [1.29, 1.82) is 0 Å². The Morgan fingerprint density at radius 2 is 2.00 bits per heavy atom. The quantitative estimate of drug-likeness (QED) is 0.706. The van der Waals surface area contributed by atoms with Crippen molar-refractivity contribution in [3.8, 4) is 5.75 Å². The highest BCUT2D eigenvalue weighted by Gasteiger charge is 2.08. The van der Waals surface area contributed by atoms with E-state index in [4.69, 9.17) is 9.47 Å². The number of aryl methyl sites for hydroxylation is 1. The number of nitrogens with one attached hydrogen (secondary N) is 1. The monoisotopic (exact) mass is 302 g/mol. The fourth-order valence-corrected chi connectivity index (χ4v) is 2.41. The van der Waals surface area contributed by atoms with Crippen LogP contribution in [-0.4, -0.2) is 31.9 Å². The third-order valence-electron chi connectivity index (χ3n) is 3.57. The fraction of sp³-hybridized carbons (Fsp3) is 0.500. The highest BCUT2D eigenvalue weighted by atomic mass is 16.5. The minimum absolute atomic E-state index is 0.804. The Morgan fingerprint density at radius 1 is 1.18 bits per heavy atom. The van der Waals surface area contributed by atoms with Gasteiger partial charge in [-0.15, -0.1) is 0 Å². The summed E-state index contributed by atoms with van der Waals surface area (Å²) in [5.74, 6) is 0.812. The van der Waals surface area contributed by atoms with Gasteiger partial charge in [-0.05, 0) is 31.9 Å². The Hall–Kier alpha value is -1.81. The van der Waals surface area contributed by atoms with Crippen LogP contribution in [0.4, 0.5) is 5.69 Å². The van der Waals surface area contributed by atoms with E-state index >= 15 is 0 Å². The molecule has 0 amide bonds. The van der Waals surface area contributed by atoms with Crippen molar-refractivity contribution in [1.82, 2.24) is 4.98 Å². The van der Waals surface area contributed by atoms with Crippen molar-refractivity contribution in [2.75, 3.05) is 32.2 Å². The van der Waals surface area contributed by atoms with Crippen LogP contribution in [0.5, 0.6) is 5.75 Å². The number of benzene rings is 1. The van der Waals surface area contributed by atoms with Gasteiger partial charge in [0.25, 0.3) is 0 Å². The van der Waals surface area contributed by atoms with Crippen molar-refractivity contribution in [2.45, 2.75) is 33.1 Å². The van der Waals surface area contributed by atoms with E-state index in [2.05, 4.69) is 29.4 Å². The lowest BCUT2D eigenvalue weighted by atomic mass is 10.1. The minimum atomic E-state index is 0.804. The average molecular weight is 302 g/mol. The van der Waals surface area contributed by atoms with Crippen molar-refractivity contribution in [2.24, 2.45) is 0 Å². The van der Waals surface area contributed by atoms with E-state index in [9.17, 15) is 0 Å². The van der Waals surface area contributed by atoms with Crippen LogP contribution in [0.1, 0.15) is 31.9 Å². The highest BCUT2D eigenvalue weighted by Crippen LogP contribution is 2.29. The first kappa shape index (κ1) is 16.6. The van der Waals surface area contributed by atoms with E-state index in [1.807, 2.05) is 19.1 Å². The van der Waals surface area contributed by atoms with Crippen molar-refractivity contribution in [3.05, 3.63) is 30.0 Å². The number of ether oxygens (including phenoxy) is 2. The van der Waals surface area contributed by atoms with Gasteiger partial charge in [-0.1, -0.05) is 25.5 Å². The number of hydrogen-bond acceptors (Lipinski definition) is 4. The summed E-state index contributed by atoms with van der Waals surface area (Å²) in [6.45, 7) is 6.74. The van der Waals surface area contributed by atoms with Crippen LogP contribution in [0.2, 0.25) is 0 Å². The molecule has 0 saturated heterocycles. The number of pyridine rings is 1. The summed E-state index contributed by atoms with van der Waals surface area (Å²) in [5.41, 5.74) is 3.00. The lowest BCUT2D eigenvalue weighted by Gasteiger charge is -2.12. The van der Waals surface area contributed by atoms with Crippen LogP contribution in [-0.2, 0) is 4.74 Å². The lowest BCUT2D eigenvalue weighted by Crippen LogP contribution is -2.07. The predicted octanol–water partition coefficient (Wildman–Crippen LogP) is 4.17. The van der Waals surface area contributed by atoms with Gasteiger partial charge in [-0.2, -0.15) is 0 Å². The summed E-state index contributed by atoms with van der Waals surface area (Å²) in [6, 6.07) is 8.10. The zero-order chi connectivity index (χ0) is 15.8. The van der Waals surface area contributed by atoms with Gasteiger partial charge in [0.2, 0.25) is 0 Å². The van der Waals surface area contributed by atoms with Crippen molar-refractivity contribution < 1.29 is 9.47 Å². The number of unbranched alkanes of at least 4 members (excludes halogenated alkanes) is 1. The molecular formula is C18H26N2O2. The SMILES string of the molecule is CCCCOCCCNc1cc(C)nc2c(OC)cccc12. The molecule has 0 aliphatic heterocycles. The molecule has 0 fully saturated rings. The molecule has 1 N–H and O–H groups in total. The summed E-state index contributed by atoms with van der Waals surface area (Å²) in [7, 11) is 1.68. The summed E-state index contributed by atoms with van der Waals surface area (Å²) >= 11 is 0. The van der Waals surface area contributed by atoms with Gasteiger partial charge in [0.1, 0.15) is 11.3 Å². The Labute approximate surface area is 132 Å². The summed E-state index contributed by atoms with van der Waals surface area (Å²) in [4.78, 5) is 4.60. The van der Waals surface area contributed by atoms with Crippen molar-refractivity contribution >= 4 is 16.6 Å². The predicted molar refractivity (Wildman–Crippen MR) is 91.9 cm³/mol. The fourth-order valence-electron chi connectivity index (χ4n) is 2.41. The molecule has 0 aliphatic carbocycles. The second-order valence-electron chi connectivity index (χ2n) is 5.41. The molecule has 4 heteroatoms. The number of rotatable bonds is 9. The number of fused-ring (bicyclic) bond motifs is 1. The standard InChI is InChI=1S/C18H26N2O2/c1-4-5-11-22-12-7-10-19-16-13-14(2)20-18-15(16)8-6-9-17(18)21-3/h6,8-9,13H,4-5,7,10-12H2,1-3H3,(H,19,20). The molecule has 2 aromatic rings. The van der Waals surface area contributed by atoms with Gasteiger partial charge in [0, 0.05) is 36.5 Å². The first-order valence-electron chi connectivity index (χ1n) is 8.02. The van der Waals surface area contributed by atoms with Gasteiger partial charge in [-0.3, -0.25) is 0 Å². The topological polar surface area (TPSA) is 43.4 Å². The van der Waals surface area contributed by atoms with E-state index in [0.717, 1.165) is 60.6 Å². The molecule has 1 heterocycles. The molecular weight excluding hydrogens is 276 g/mol. The van der Waals surface area contributed by atoms with E-state index in [0.29, 0.717) is 0 Å². The summed E-state index contributed by atoms with van der Waals surface area (Å²) in [5, 5.41) is 4.59. The third-order valence-corrected chi connectivity index (χ3v) is 3.57. The van der Waals surface area contributed by atoms with Gasteiger partial charge in [-0.25, -0.2) is 4.98 Å². The molecule has 22 heavy (non-hydrogen) atoms. The maximum Gasteiger partial charge on any atom is 0.145 e. The minimum Gasteiger partial charge on any atom is -0.494 e. The molecule has 1 aromatic carbocycles. The molecule has 2 rings (SSSR count). The second kappa shape index (κ2) is 8.59. The van der Waals surface area contributed by atoms with Crippen LogP contribution in [0.25, 0.3) is 10.9 Å². The largest absolute Gasteiger partial charge is 0.494 e. The molecule has 0 aliphatic rings. The molecule has 0 radical (unpaired) electrons. The van der Waals surface area contributed by atoms with Crippen LogP contribution >= 0.6 is 0 Å². The molecule has 0 spiro atoms. The van der Waals surface area contributed by atoms with Gasteiger partial charge in [0.15, 0.2) is 0 Å². The zero-order valence-electron chi connectivity index (χ0n) is 13.8. The molecule has 0 atom stereocenters. The molecule has 120 valence electrons. The number of aromatic nitrogens is 1. The van der Waals surface area contributed by atoms with Gasteiger partial charge < -0.3 is 14.8 Å². The van der Waals surface area contributed by atoms with E-state index in [1.165, 1.54) is 6.42 Å². The second-order valence-corrected chi connectivity index (χ2v) is 5.41. The first-order chi connectivity index (χ1) is 10.8. The van der Waals surface area contributed by atoms with Gasteiger partial charge >= 0.3 is 0 Å². The first-order valence-corrected chi connectivity index (χ1v) is 8.02. The van der Waals surface area contributed by atoms with E-state index in [1.54, 1.807) is 7.11 Å². The Balaban J connectivity index is 1.99. The van der Waals surface area contributed by atoms with Crippen LogP contribution < -0.4 is 10.1 Å². The number of methoxy groups -OCH3 is 1. The van der Waals surface area contributed by atoms with Crippen LogP contribution in [0.3, 0.4) is 0 Å². The maximum atomic E-state index is 5.59. The summed E-state index contributed by atoms with van der Waals surface area (Å²) < 4.78 is 11.0. The molecule has 1 aromatic heterocycles. The Bertz CT molecular complexity index is 599. The Morgan fingerprint density at radius 3 is 2.77 bits per heavy atom. The highest BCUT2D eigenvalue weighted by molar-refractivity contribution is 5.95. The molecule has 0 unspecified atom stereocenters. The Kier molecular flexibility index (Phi) is 6.46. The molecule has 0 bridgehead atoms. The lowest BCUT2D eigenvalue weighted by molar-refractivity contribution is 0.131. The normalized spacial score (nSPS) is 10.9. The van der Waals surface area contributed by atoms with E-state index in [-0.39, 0.29) is 0 Å². The number of para-hydroxylation sites is 1. The molecule has 4 nitrogen and oxygen atoms in total. The smallest absolute Gasteiger partial charge is 0.145 e. The third kappa shape index (κ3) is 4.34. The molecule has 0 saturated carbocycles. The number of nitrogens with zero attached hydrogens (tertiary/aromatic N) is 1. The maximum absolute atomic E-state index is 5.59. The van der Waals surface area contributed by atoms with Gasteiger partial charge in [0.05, 0.1) is 7.11 Å². The van der Waals surface area contributed by atoms with Crippen LogP contribution in [0.15, 0.2) is 24.3 Å². The average Bonchev–Trinajstić information content (AvgIpc) is 2.53. The number of anilines is 1. The van der Waals surface area contributed by atoms with Crippen molar-refractivity contribution in [3.63, 3.8) is 0 Å².